The van der Waals surface area contributed by atoms with E-state index in [9.17, 15) is 17.6 Å². The number of ether oxygens (including phenoxy) is 1. The topological polar surface area (TPSA) is 124 Å². The molecule has 2 saturated heterocycles. The predicted octanol–water partition coefficient (Wildman–Crippen LogP) is 1.90. The highest BCUT2D eigenvalue weighted by Crippen LogP contribution is 2.33. The second-order valence-corrected chi connectivity index (χ2v) is 8.95. The van der Waals surface area contributed by atoms with E-state index in [1.807, 2.05) is 0 Å². The highest BCUT2D eigenvalue weighted by atomic mass is 19.3. The molecule has 0 aliphatic carbocycles. The lowest BCUT2D eigenvalue weighted by atomic mass is 9.98. The molecule has 1 atom stereocenters. The maximum absolute atomic E-state index is 14.9. The number of fused-ring (bicyclic) bond motifs is 2. The predicted molar refractivity (Wildman–Crippen MR) is 121 cm³/mol. The number of hydrogen-bond acceptors (Lipinski definition) is 9. The lowest BCUT2D eigenvalue weighted by molar-refractivity contribution is -0.131. The average molecular weight is 506 g/mol. The van der Waals surface area contributed by atoms with E-state index in [0.717, 1.165) is 4.68 Å². The van der Waals surface area contributed by atoms with Crippen molar-refractivity contribution in [1.29, 1.82) is 0 Å². The summed E-state index contributed by atoms with van der Waals surface area (Å²) in [5, 5.41) is 14.7. The van der Waals surface area contributed by atoms with Gasteiger partial charge in [0, 0.05) is 18.3 Å². The van der Waals surface area contributed by atoms with Crippen LogP contribution in [0.5, 0.6) is 0 Å². The lowest BCUT2D eigenvalue weighted by Gasteiger charge is -2.44. The van der Waals surface area contributed by atoms with E-state index in [-0.39, 0.29) is 36.4 Å². The zero-order valence-electron chi connectivity index (χ0n) is 18.9. The zero-order chi connectivity index (χ0) is 25.0. The van der Waals surface area contributed by atoms with Crippen molar-refractivity contribution in [2.45, 2.75) is 37.4 Å². The number of nitrogens with two attached hydrogens (primary N) is 1. The molecule has 0 bridgehead atoms. The van der Waals surface area contributed by atoms with E-state index in [2.05, 4.69) is 30.7 Å². The number of anilines is 2. The first kappa shape index (κ1) is 22.8. The van der Waals surface area contributed by atoms with Crippen molar-refractivity contribution in [3.05, 3.63) is 24.4 Å². The number of rotatable bonds is 6. The summed E-state index contributed by atoms with van der Waals surface area (Å²) in [6, 6.07) is 3.86. The van der Waals surface area contributed by atoms with Gasteiger partial charge in [0.1, 0.15) is 17.6 Å². The van der Waals surface area contributed by atoms with Crippen molar-refractivity contribution in [3.63, 3.8) is 0 Å². The molecule has 0 saturated carbocycles. The van der Waals surface area contributed by atoms with Crippen LogP contribution in [0.1, 0.15) is 6.42 Å². The van der Waals surface area contributed by atoms with Gasteiger partial charge in [-0.15, -0.1) is 10.2 Å². The van der Waals surface area contributed by atoms with Gasteiger partial charge >= 0.3 is 0 Å². The van der Waals surface area contributed by atoms with Gasteiger partial charge in [-0.05, 0) is 24.6 Å². The Balaban J connectivity index is 1.27. The van der Waals surface area contributed by atoms with E-state index in [1.54, 1.807) is 29.3 Å². The first-order valence-corrected chi connectivity index (χ1v) is 11.4. The number of halogens is 4. The lowest BCUT2D eigenvalue weighted by Crippen LogP contribution is -2.61. The SMILES string of the molecule is Nc1nc(NC2CCN(C3COC3)CC2(F)F)nn2ccc(-c3ccc4nnn(CC(F)F)c4n3)c12. The number of nitrogen functional groups attached to an aromatic ring is 1. The van der Waals surface area contributed by atoms with Crippen molar-refractivity contribution in [2.24, 2.45) is 0 Å². The van der Waals surface area contributed by atoms with Gasteiger partial charge in [-0.1, -0.05) is 5.21 Å². The first-order chi connectivity index (χ1) is 17.3. The molecular formula is C21H22F4N10O. The normalized spacial score (nSPS) is 20.9. The molecule has 2 aliphatic rings. The van der Waals surface area contributed by atoms with Crippen LogP contribution in [0.4, 0.5) is 29.3 Å². The van der Waals surface area contributed by atoms with Crippen LogP contribution in [0, 0.1) is 0 Å². The Morgan fingerprint density at radius 1 is 1.19 bits per heavy atom. The standard InChI is InChI=1S/C21H22F4N10O/c22-16(23)7-35-19-14(30-32-35)2-1-13(27-19)12-3-6-34-17(12)18(26)29-20(31-34)28-15-4-5-33(10-21(15,24)25)11-8-36-9-11/h1-3,6,11,15-16H,4-5,7-10H2,(H3,26,28,29,31). The summed E-state index contributed by atoms with van der Waals surface area (Å²) in [5.41, 5.74) is 8.17. The Kier molecular flexibility index (Phi) is 5.40. The summed E-state index contributed by atoms with van der Waals surface area (Å²) < 4.78 is 63.1. The van der Waals surface area contributed by atoms with Gasteiger partial charge in [0.2, 0.25) is 5.95 Å². The van der Waals surface area contributed by atoms with Gasteiger partial charge < -0.3 is 15.8 Å². The van der Waals surface area contributed by atoms with Crippen molar-refractivity contribution < 1.29 is 22.3 Å². The largest absolute Gasteiger partial charge is 0.382 e. The Morgan fingerprint density at radius 2 is 2.03 bits per heavy atom. The molecule has 11 nitrogen and oxygen atoms in total. The number of nitrogens with one attached hydrogen (secondary N) is 1. The first-order valence-electron chi connectivity index (χ1n) is 11.4. The van der Waals surface area contributed by atoms with E-state index in [4.69, 9.17) is 10.5 Å². The van der Waals surface area contributed by atoms with E-state index in [1.165, 1.54) is 4.52 Å². The number of alkyl halides is 4. The zero-order valence-corrected chi connectivity index (χ0v) is 18.9. The molecule has 0 aromatic carbocycles. The average Bonchev–Trinajstić information content (AvgIpc) is 3.38. The Morgan fingerprint density at radius 3 is 2.75 bits per heavy atom. The van der Waals surface area contributed by atoms with Gasteiger partial charge in [-0.25, -0.2) is 31.7 Å². The monoisotopic (exact) mass is 506 g/mol. The fraction of sp³-hybridized carbons (Fsp3) is 0.476. The minimum absolute atomic E-state index is 0.0186. The number of hydrogen-bond donors (Lipinski definition) is 2. The van der Waals surface area contributed by atoms with Crippen molar-refractivity contribution in [2.75, 3.05) is 37.4 Å². The van der Waals surface area contributed by atoms with Gasteiger partial charge in [0.15, 0.2) is 11.5 Å². The molecule has 3 N–H and O–H groups in total. The molecule has 190 valence electrons. The van der Waals surface area contributed by atoms with Crippen LogP contribution in [0.15, 0.2) is 24.4 Å². The van der Waals surface area contributed by atoms with Gasteiger partial charge in [-0.3, -0.25) is 4.90 Å². The smallest absolute Gasteiger partial charge is 0.280 e. The highest BCUT2D eigenvalue weighted by molar-refractivity contribution is 5.88. The number of nitrogens with zero attached hydrogens (tertiary/aromatic N) is 8. The molecule has 0 spiro atoms. The van der Waals surface area contributed by atoms with Gasteiger partial charge in [0.25, 0.3) is 12.3 Å². The number of piperidine rings is 1. The Hall–Kier alpha value is -3.59. The molecular weight excluding hydrogens is 484 g/mol. The van der Waals surface area contributed by atoms with E-state index >= 15 is 0 Å². The maximum Gasteiger partial charge on any atom is 0.280 e. The minimum Gasteiger partial charge on any atom is -0.382 e. The van der Waals surface area contributed by atoms with Crippen LogP contribution in [0.25, 0.3) is 27.9 Å². The van der Waals surface area contributed by atoms with Crippen LogP contribution in [0.3, 0.4) is 0 Å². The highest BCUT2D eigenvalue weighted by Gasteiger charge is 2.47. The van der Waals surface area contributed by atoms with Crippen LogP contribution in [-0.2, 0) is 11.3 Å². The van der Waals surface area contributed by atoms with Crippen molar-refractivity contribution >= 4 is 28.4 Å². The van der Waals surface area contributed by atoms with E-state index in [0.29, 0.717) is 42.0 Å². The molecule has 4 aromatic rings. The molecule has 1 unspecified atom stereocenters. The molecule has 15 heteroatoms. The molecule has 4 aromatic heterocycles. The molecule has 6 rings (SSSR count). The Labute approximate surface area is 201 Å². The van der Waals surface area contributed by atoms with Crippen molar-refractivity contribution in [1.82, 2.24) is 39.5 Å². The second kappa shape index (κ2) is 8.51. The van der Waals surface area contributed by atoms with Gasteiger partial charge in [-0.2, -0.15) is 4.98 Å². The molecule has 0 radical (unpaired) electrons. The summed E-state index contributed by atoms with van der Waals surface area (Å²) in [4.78, 5) is 10.4. The third kappa shape index (κ3) is 3.97. The quantitative estimate of drug-likeness (QED) is 0.377. The molecule has 2 aliphatic heterocycles. The maximum atomic E-state index is 14.9. The van der Waals surface area contributed by atoms with Crippen LogP contribution in [0.2, 0.25) is 0 Å². The Bertz CT molecular complexity index is 1420. The fourth-order valence-corrected chi connectivity index (χ4v) is 4.62. The molecule has 2 fully saturated rings. The number of aromatic nitrogens is 7. The van der Waals surface area contributed by atoms with Crippen LogP contribution in [-0.4, -0.2) is 90.2 Å². The minimum atomic E-state index is -2.99. The molecule has 36 heavy (non-hydrogen) atoms. The van der Waals surface area contributed by atoms with Crippen LogP contribution >= 0.6 is 0 Å². The number of pyridine rings is 1. The summed E-state index contributed by atoms with van der Waals surface area (Å²) >= 11 is 0. The summed E-state index contributed by atoms with van der Waals surface area (Å²) in [6.45, 7) is 0.468. The summed E-state index contributed by atoms with van der Waals surface area (Å²) in [5.74, 6) is -2.95. The second-order valence-electron chi connectivity index (χ2n) is 8.95. The van der Waals surface area contributed by atoms with Crippen LogP contribution < -0.4 is 11.1 Å². The van der Waals surface area contributed by atoms with Crippen molar-refractivity contribution in [3.8, 4) is 11.3 Å². The third-order valence-corrected chi connectivity index (χ3v) is 6.55. The van der Waals surface area contributed by atoms with Gasteiger partial charge in [0.05, 0.1) is 37.5 Å². The van der Waals surface area contributed by atoms with E-state index < -0.39 is 24.9 Å². The molecule has 0 amide bonds. The fourth-order valence-electron chi connectivity index (χ4n) is 4.62. The molecule has 6 heterocycles. The summed E-state index contributed by atoms with van der Waals surface area (Å²) in [7, 11) is 0. The number of likely N-dealkylation sites (tertiary alicyclic amines) is 1. The summed E-state index contributed by atoms with van der Waals surface area (Å²) in [6.07, 6.45) is -0.796. The third-order valence-electron chi connectivity index (χ3n) is 6.55.